The summed E-state index contributed by atoms with van der Waals surface area (Å²) in [7, 11) is 1.39. The summed E-state index contributed by atoms with van der Waals surface area (Å²) in [5.74, 6) is -0.694. The maximum atomic E-state index is 13.6. The number of nitrogen functional groups attached to an aromatic ring is 1. The number of carbonyl (C=O) groups excluding carboxylic acids is 3. The van der Waals surface area contributed by atoms with E-state index in [1.54, 1.807) is 10.3 Å². The first kappa shape index (κ1) is 32.4. The standard InChI is InChI=1S/C34H44N6O4S/c1-3-4-5-6-7-8-9-10-11-12-18-40-31(41)25-15-13-14-24-28(17-16-26(29(24)25)32(40)42)38-19-21-39(22-20-38)33(43)30(37-44-2)27-23-45-34(35)36-27/h13-17,23H,3-12,18-22H2,1-2H3,(H2,35,36)/b37-30-. The number of nitrogens with zero attached hydrogens (tertiary/aromatic N) is 5. The first-order chi connectivity index (χ1) is 21.9. The smallest absolute Gasteiger partial charge is 0.278 e. The molecule has 0 saturated carbocycles. The number of unbranched alkanes of at least 4 members (excludes halogenated alkanes) is 9. The Morgan fingerprint density at radius 3 is 2.18 bits per heavy atom. The second-order valence-electron chi connectivity index (χ2n) is 11.8. The fourth-order valence-corrected chi connectivity index (χ4v) is 6.90. The Hall–Kier alpha value is -3.99. The average molecular weight is 633 g/mol. The normalized spacial score (nSPS) is 15.3. The summed E-state index contributed by atoms with van der Waals surface area (Å²) < 4.78 is 0. The number of nitrogens with two attached hydrogens (primary N) is 1. The SMILES string of the molecule is CCCCCCCCCCCCN1C(=O)c2cccc3c(N4CCN(C(=O)/C(=N\OC)c5csc(N)n5)CC4)ccc(c23)C1=O. The molecule has 3 aromatic rings. The van der Waals surface area contributed by atoms with Crippen LogP contribution < -0.4 is 10.6 Å². The quantitative estimate of drug-likeness (QED) is 0.0931. The van der Waals surface area contributed by atoms with Gasteiger partial charge in [0.1, 0.15) is 12.8 Å². The predicted octanol–water partition coefficient (Wildman–Crippen LogP) is 6.09. The van der Waals surface area contributed by atoms with Crippen molar-refractivity contribution in [1.82, 2.24) is 14.8 Å². The van der Waals surface area contributed by atoms with Crippen LogP contribution in [0.1, 0.15) is 97.5 Å². The molecule has 2 aliphatic rings. The Balaban J connectivity index is 1.21. The molecule has 0 spiro atoms. The lowest BCUT2D eigenvalue weighted by molar-refractivity contribution is -0.124. The summed E-state index contributed by atoms with van der Waals surface area (Å²) in [6.07, 6.45) is 12.0. The van der Waals surface area contributed by atoms with E-state index in [4.69, 9.17) is 10.6 Å². The Bertz CT molecular complexity index is 1520. The van der Waals surface area contributed by atoms with Gasteiger partial charge in [-0.2, -0.15) is 0 Å². The third-order valence-electron chi connectivity index (χ3n) is 8.76. The highest BCUT2D eigenvalue weighted by atomic mass is 32.1. The van der Waals surface area contributed by atoms with Gasteiger partial charge >= 0.3 is 0 Å². The second kappa shape index (κ2) is 15.3. The topological polar surface area (TPSA) is 121 Å². The molecule has 0 aliphatic carbocycles. The largest absolute Gasteiger partial charge is 0.398 e. The van der Waals surface area contributed by atoms with Crippen LogP contribution in [0.4, 0.5) is 10.8 Å². The van der Waals surface area contributed by atoms with E-state index < -0.39 is 0 Å². The lowest BCUT2D eigenvalue weighted by atomic mass is 9.92. The van der Waals surface area contributed by atoms with Crippen LogP contribution in [0.5, 0.6) is 0 Å². The number of thiazole rings is 1. The monoisotopic (exact) mass is 632 g/mol. The third-order valence-corrected chi connectivity index (χ3v) is 9.44. The highest BCUT2D eigenvalue weighted by molar-refractivity contribution is 7.13. The maximum Gasteiger partial charge on any atom is 0.278 e. The molecule has 2 aliphatic heterocycles. The zero-order chi connectivity index (χ0) is 31.8. The van der Waals surface area contributed by atoms with Crippen molar-refractivity contribution in [3.8, 4) is 0 Å². The summed E-state index contributed by atoms with van der Waals surface area (Å²) in [5, 5.41) is 7.58. The maximum absolute atomic E-state index is 13.6. The Morgan fingerprint density at radius 2 is 1.56 bits per heavy atom. The van der Waals surface area contributed by atoms with E-state index >= 15 is 0 Å². The number of anilines is 2. The Morgan fingerprint density at radius 1 is 0.911 bits per heavy atom. The average Bonchev–Trinajstić information content (AvgIpc) is 3.49. The van der Waals surface area contributed by atoms with Gasteiger partial charge in [0, 0.05) is 65.7 Å². The van der Waals surface area contributed by atoms with Crippen LogP contribution in [0, 0.1) is 0 Å². The second-order valence-corrected chi connectivity index (χ2v) is 12.7. The lowest BCUT2D eigenvalue weighted by Gasteiger charge is -2.37. The molecular weight excluding hydrogens is 588 g/mol. The number of imide groups is 1. The minimum atomic E-state index is -0.266. The highest BCUT2D eigenvalue weighted by Crippen LogP contribution is 2.36. The van der Waals surface area contributed by atoms with E-state index in [-0.39, 0.29) is 23.4 Å². The number of hydrogen-bond acceptors (Lipinski definition) is 9. The number of hydrogen-bond donors (Lipinski definition) is 1. The van der Waals surface area contributed by atoms with Crippen LogP contribution >= 0.6 is 11.3 Å². The van der Waals surface area contributed by atoms with Crippen LogP contribution in [0.25, 0.3) is 10.8 Å². The third kappa shape index (κ3) is 7.30. The number of amides is 3. The molecule has 1 aromatic heterocycles. The van der Waals surface area contributed by atoms with Crippen molar-refractivity contribution in [3.63, 3.8) is 0 Å². The van der Waals surface area contributed by atoms with Crippen LogP contribution in [0.3, 0.4) is 0 Å². The molecule has 240 valence electrons. The van der Waals surface area contributed by atoms with Crippen LogP contribution in [0.15, 0.2) is 40.9 Å². The van der Waals surface area contributed by atoms with E-state index in [2.05, 4.69) is 22.0 Å². The van der Waals surface area contributed by atoms with Crippen molar-refractivity contribution in [3.05, 3.63) is 52.5 Å². The molecule has 0 unspecified atom stereocenters. The number of piperazine rings is 1. The minimum Gasteiger partial charge on any atom is -0.398 e. The van der Waals surface area contributed by atoms with Crippen molar-refractivity contribution in [2.24, 2.45) is 5.16 Å². The molecule has 0 bridgehead atoms. The van der Waals surface area contributed by atoms with E-state index in [9.17, 15) is 14.4 Å². The predicted molar refractivity (Wildman–Crippen MR) is 180 cm³/mol. The van der Waals surface area contributed by atoms with Gasteiger partial charge in [-0.15, -0.1) is 11.3 Å². The van der Waals surface area contributed by atoms with Crippen molar-refractivity contribution < 1.29 is 19.2 Å². The number of carbonyl (C=O) groups is 3. The van der Waals surface area contributed by atoms with Crippen molar-refractivity contribution in [2.75, 3.05) is 50.5 Å². The lowest BCUT2D eigenvalue weighted by Crippen LogP contribution is -2.51. The van der Waals surface area contributed by atoms with Crippen molar-refractivity contribution >= 4 is 56.4 Å². The first-order valence-electron chi connectivity index (χ1n) is 16.2. The molecule has 0 radical (unpaired) electrons. The van der Waals surface area contributed by atoms with Gasteiger partial charge in [0.2, 0.25) is 0 Å². The fourth-order valence-electron chi connectivity index (χ4n) is 6.35. The summed E-state index contributed by atoms with van der Waals surface area (Å²) in [5.41, 5.74) is 8.39. The van der Waals surface area contributed by atoms with Gasteiger partial charge in [0.15, 0.2) is 10.8 Å². The summed E-state index contributed by atoms with van der Waals surface area (Å²) >= 11 is 1.24. The zero-order valence-corrected chi connectivity index (χ0v) is 27.2. The van der Waals surface area contributed by atoms with E-state index in [0.29, 0.717) is 54.7 Å². The molecule has 5 rings (SSSR count). The van der Waals surface area contributed by atoms with Gasteiger partial charge in [-0.1, -0.05) is 82.0 Å². The minimum absolute atomic E-state index is 0.125. The Kier molecular flexibility index (Phi) is 11.0. The van der Waals surface area contributed by atoms with Crippen LogP contribution in [-0.4, -0.2) is 78.1 Å². The van der Waals surface area contributed by atoms with Gasteiger partial charge in [-0.05, 0) is 24.6 Å². The number of oxime groups is 1. The van der Waals surface area contributed by atoms with Crippen molar-refractivity contribution in [1.29, 1.82) is 0 Å². The van der Waals surface area contributed by atoms with Crippen molar-refractivity contribution in [2.45, 2.75) is 71.1 Å². The highest BCUT2D eigenvalue weighted by Gasteiger charge is 2.34. The van der Waals surface area contributed by atoms with Crippen LogP contribution in [-0.2, 0) is 9.63 Å². The van der Waals surface area contributed by atoms with Gasteiger partial charge in [0.25, 0.3) is 17.7 Å². The molecule has 11 heteroatoms. The molecular formula is C34H44N6O4S. The molecule has 3 heterocycles. The summed E-state index contributed by atoms with van der Waals surface area (Å²) in [6, 6.07) is 9.53. The number of aromatic nitrogens is 1. The van der Waals surface area contributed by atoms with E-state index in [0.717, 1.165) is 35.7 Å². The van der Waals surface area contributed by atoms with Crippen LogP contribution in [0.2, 0.25) is 0 Å². The Labute approximate surface area is 269 Å². The van der Waals surface area contributed by atoms with E-state index in [1.807, 2.05) is 30.3 Å². The first-order valence-corrected chi connectivity index (χ1v) is 17.1. The molecule has 1 saturated heterocycles. The van der Waals surface area contributed by atoms with Gasteiger partial charge in [-0.3, -0.25) is 19.3 Å². The molecule has 2 N–H and O–H groups in total. The molecule has 0 atom stereocenters. The van der Waals surface area contributed by atoms with Gasteiger partial charge in [-0.25, -0.2) is 4.98 Å². The molecule has 10 nitrogen and oxygen atoms in total. The van der Waals surface area contributed by atoms with Gasteiger partial charge in [0.05, 0.1) is 0 Å². The zero-order valence-electron chi connectivity index (χ0n) is 26.4. The number of benzene rings is 2. The molecule has 2 aromatic carbocycles. The summed E-state index contributed by atoms with van der Waals surface area (Å²) in [4.78, 5) is 54.9. The molecule has 45 heavy (non-hydrogen) atoms. The van der Waals surface area contributed by atoms with E-state index in [1.165, 1.54) is 68.3 Å². The van der Waals surface area contributed by atoms with Gasteiger partial charge < -0.3 is 20.4 Å². The molecule has 3 amide bonds. The fraction of sp³-hybridized carbons (Fsp3) is 0.500. The number of rotatable bonds is 15. The molecule has 1 fully saturated rings. The summed E-state index contributed by atoms with van der Waals surface area (Å²) in [6.45, 7) is 4.78.